The molecule has 2 aliphatic heterocycles. The van der Waals surface area contributed by atoms with Gasteiger partial charge in [0, 0.05) is 54.4 Å². The van der Waals surface area contributed by atoms with Crippen molar-refractivity contribution in [1.29, 1.82) is 0 Å². The molecule has 166 valence electrons. The number of aromatic nitrogens is 5. The Kier molecular flexibility index (Phi) is 4.37. The highest BCUT2D eigenvalue weighted by Gasteiger charge is 2.34. The highest BCUT2D eigenvalue weighted by molar-refractivity contribution is 6.10. The first-order chi connectivity index (χ1) is 16.0. The number of carbonyl (C=O) groups is 1. The zero-order valence-corrected chi connectivity index (χ0v) is 17.9. The van der Waals surface area contributed by atoms with E-state index in [4.69, 9.17) is 10.7 Å². The van der Waals surface area contributed by atoms with Crippen molar-refractivity contribution in [2.45, 2.75) is 25.9 Å². The normalized spacial score (nSPS) is 17.9. The molecule has 33 heavy (non-hydrogen) atoms. The maximum Gasteiger partial charge on any atom is 0.260 e. The van der Waals surface area contributed by atoms with Gasteiger partial charge in [0.2, 0.25) is 5.95 Å². The van der Waals surface area contributed by atoms with Crippen LogP contribution in [0.5, 0.6) is 0 Å². The number of imidazole rings is 1. The minimum Gasteiger partial charge on any atom is -0.339 e. The molecule has 4 aromatic rings. The van der Waals surface area contributed by atoms with Gasteiger partial charge in [-0.25, -0.2) is 14.4 Å². The Morgan fingerprint density at radius 2 is 2.09 bits per heavy atom. The molecule has 0 bridgehead atoms. The summed E-state index contributed by atoms with van der Waals surface area (Å²) in [5.41, 5.74) is 9.57. The Morgan fingerprint density at radius 3 is 2.91 bits per heavy atom. The van der Waals surface area contributed by atoms with E-state index in [9.17, 15) is 9.18 Å². The van der Waals surface area contributed by atoms with Crippen LogP contribution < -0.4 is 15.5 Å². The van der Waals surface area contributed by atoms with Gasteiger partial charge in [-0.2, -0.15) is 4.98 Å². The summed E-state index contributed by atoms with van der Waals surface area (Å²) in [6, 6.07) is 6.59. The predicted molar refractivity (Wildman–Crippen MR) is 120 cm³/mol. The number of carbonyl (C=O) groups excluding carboxylic acids is 1. The molecule has 1 unspecified atom stereocenters. The lowest BCUT2D eigenvalue weighted by atomic mass is 10.1. The molecule has 1 atom stereocenters. The Bertz CT molecular complexity index is 1420. The summed E-state index contributed by atoms with van der Waals surface area (Å²) in [5, 5.41) is 0. The predicted octanol–water partition coefficient (Wildman–Crippen LogP) is 2.33. The second-order valence-corrected chi connectivity index (χ2v) is 8.43. The van der Waals surface area contributed by atoms with Crippen LogP contribution in [-0.2, 0) is 6.54 Å². The van der Waals surface area contributed by atoms with Crippen LogP contribution in [0.25, 0.3) is 17.0 Å². The van der Waals surface area contributed by atoms with Crippen molar-refractivity contribution in [3.8, 4) is 11.4 Å². The molecule has 2 N–H and O–H groups in total. The van der Waals surface area contributed by atoms with Crippen LogP contribution in [0, 0.1) is 12.7 Å². The fraction of sp³-hybridized carbons (Fsp3) is 0.261. The number of fused-ring (bicyclic) bond motifs is 2. The van der Waals surface area contributed by atoms with E-state index in [1.807, 2.05) is 6.92 Å². The van der Waals surface area contributed by atoms with Gasteiger partial charge in [-0.1, -0.05) is 0 Å². The topological polar surface area (TPSA) is 106 Å². The molecule has 0 spiro atoms. The first kappa shape index (κ1) is 19.7. The largest absolute Gasteiger partial charge is 0.339 e. The molecule has 4 aromatic heterocycles. The molecule has 6 heterocycles. The maximum atomic E-state index is 14.2. The molecule has 0 aromatic carbocycles. The molecule has 1 amide bonds. The van der Waals surface area contributed by atoms with Gasteiger partial charge in [0.25, 0.3) is 5.91 Å². The maximum absolute atomic E-state index is 14.2. The van der Waals surface area contributed by atoms with Crippen molar-refractivity contribution in [2.75, 3.05) is 22.9 Å². The average Bonchev–Trinajstić information content (AvgIpc) is 3.51. The van der Waals surface area contributed by atoms with Crippen molar-refractivity contribution < 1.29 is 9.18 Å². The van der Waals surface area contributed by atoms with Gasteiger partial charge < -0.3 is 10.6 Å². The SMILES string of the molecule is Cc1cc(N2Cc3c(ccnc3-c3cnc4c(F)cccn34)C2=O)nc(N2CCC(N)C2)n1. The highest BCUT2D eigenvalue weighted by atomic mass is 19.1. The molecule has 0 radical (unpaired) electrons. The average molecular weight is 444 g/mol. The van der Waals surface area contributed by atoms with Gasteiger partial charge >= 0.3 is 0 Å². The zero-order valence-electron chi connectivity index (χ0n) is 17.9. The molecule has 9 nitrogen and oxygen atoms in total. The Balaban J connectivity index is 1.41. The monoisotopic (exact) mass is 444 g/mol. The van der Waals surface area contributed by atoms with Crippen LogP contribution in [0.1, 0.15) is 28.0 Å². The van der Waals surface area contributed by atoms with E-state index in [0.29, 0.717) is 41.8 Å². The van der Waals surface area contributed by atoms with Crippen LogP contribution in [-0.4, -0.2) is 49.4 Å². The molecule has 1 saturated heterocycles. The van der Waals surface area contributed by atoms with Gasteiger partial charge in [0.05, 0.1) is 24.1 Å². The van der Waals surface area contributed by atoms with Crippen LogP contribution in [0.3, 0.4) is 0 Å². The first-order valence-electron chi connectivity index (χ1n) is 10.8. The summed E-state index contributed by atoms with van der Waals surface area (Å²) in [6.07, 6.45) is 5.79. The Morgan fingerprint density at radius 1 is 1.21 bits per heavy atom. The number of nitrogens with zero attached hydrogens (tertiary/aromatic N) is 7. The highest BCUT2D eigenvalue weighted by Crippen LogP contribution is 2.34. The second-order valence-electron chi connectivity index (χ2n) is 8.43. The molecule has 10 heteroatoms. The number of rotatable bonds is 3. The van der Waals surface area contributed by atoms with E-state index in [2.05, 4.69) is 19.9 Å². The number of nitrogens with two attached hydrogens (primary N) is 1. The van der Waals surface area contributed by atoms with Crippen molar-refractivity contribution >= 4 is 23.3 Å². The summed E-state index contributed by atoms with van der Waals surface area (Å²) >= 11 is 0. The minimum atomic E-state index is -0.417. The first-order valence-corrected chi connectivity index (χ1v) is 10.8. The number of hydrogen-bond donors (Lipinski definition) is 1. The van der Waals surface area contributed by atoms with Crippen molar-refractivity contribution in [3.05, 3.63) is 65.5 Å². The van der Waals surface area contributed by atoms with Gasteiger partial charge in [-0.05, 0) is 31.5 Å². The summed E-state index contributed by atoms with van der Waals surface area (Å²) in [5.74, 6) is 0.544. The Hall–Kier alpha value is -3.92. The van der Waals surface area contributed by atoms with Crippen LogP contribution in [0.15, 0.2) is 42.9 Å². The number of amides is 1. The fourth-order valence-corrected chi connectivity index (χ4v) is 4.57. The van der Waals surface area contributed by atoms with Gasteiger partial charge in [-0.3, -0.25) is 19.1 Å². The number of anilines is 2. The fourth-order valence-electron chi connectivity index (χ4n) is 4.57. The third-order valence-electron chi connectivity index (χ3n) is 6.19. The molecule has 6 rings (SSSR count). The third kappa shape index (κ3) is 3.13. The summed E-state index contributed by atoms with van der Waals surface area (Å²) in [7, 11) is 0. The molecule has 0 saturated carbocycles. The van der Waals surface area contributed by atoms with Crippen molar-refractivity contribution in [3.63, 3.8) is 0 Å². The molecular weight excluding hydrogens is 423 g/mol. The summed E-state index contributed by atoms with van der Waals surface area (Å²) < 4.78 is 15.8. The summed E-state index contributed by atoms with van der Waals surface area (Å²) in [4.78, 5) is 35.0. The van der Waals surface area contributed by atoms with Gasteiger partial charge in [0.15, 0.2) is 11.5 Å². The van der Waals surface area contributed by atoms with E-state index < -0.39 is 5.82 Å². The van der Waals surface area contributed by atoms with Crippen molar-refractivity contribution in [2.24, 2.45) is 5.73 Å². The summed E-state index contributed by atoms with van der Waals surface area (Å²) in [6.45, 7) is 3.67. The second kappa shape index (κ2) is 7.31. The van der Waals surface area contributed by atoms with E-state index in [1.54, 1.807) is 46.1 Å². The number of halogens is 1. The number of aryl methyl sites for hydroxylation is 1. The standard InChI is InChI=1S/C23H21FN8O/c1-13-9-19(29-23(28-13)30-8-5-14(25)11-30)32-12-16-15(22(32)33)4-6-26-20(16)18-10-27-21-17(24)3-2-7-31(18)21/h2-4,6-7,9-10,14H,5,8,11-12,25H2,1H3. The molecule has 0 aliphatic carbocycles. The molecule has 1 fully saturated rings. The van der Waals surface area contributed by atoms with Crippen molar-refractivity contribution in [1.82, 2.24) is 24.3 Å². The van der Waals surface area contributed by atoms with Crippen LogP contribution in [0.2, 0.25) is 0 Å². The lowest BCUT2D eigenvalue weighted by Crippen LogP contribution is -2.29. The van der Waals surface area contributed by atoms with E-state index in [1.165, 1.54) is 6.07 Å². The quantitative estimate of drug-likeness (QED) is 0.517. The smallest absolute Gasteiger partial charge is 0.260 e. The van der Waals surface area contributed by atoms with Crippen LogP contribution >= 0.6 is 0 Å². The van der Waals surface area contributed by atoms with E-state index in [0.717, 1.165) is 24.2 Å². The van der Waals surface area contributed by atoms with Gasteiger partial charge in [0.1, 0.15) is 5.82 Å². The van der Waals surface area contributed by atoms with E-state index in [-0.39, 0.29) is 17.6 Å². The number of hydrogen-bond acceptors (Lipinski definition) is 7. The lowest BCUT2D eigenvalue weighted by Gasteiger charge is -2.20. The van der Waals surface area contributed by atoms with Crippen LogP contribution in [0.4, 0.5) is 16.2 Å². The van der Waals surface area contributed by atoms with Gasteiger partial charge in [-0.15, -0.1) is 0 Å². The third-order valence-corrected chi connectivity index (χ3v) is 6.19. The Labute approximate surface area is 188 Å². The molecule has 2 aliphatic rings. The number of pyridine rings is 2. The zero-order chi connectivity index (χ0) is 22.7. The van der Waals surface area contributed by atoms with E-state index >= 15 is 0 Å². The lowest BCUT2D eigenvalue weighted by molar-refractivity contribution is 0.0996. The molecular formula is C23H21FN8O. The minimum absolute atomic E-state index is 0.0965.